The van der Waals surface area contributed by atoms with Crippen LogP contribution in [0.5, 0.6) is 0 Å². The number of amides is 2. The van der Waals surface area contributed by atoms with Crippen LogP contribution < -0.4 is 45.3 Å². The number of carbonyl (C=O) groups excluding carboxylic acids is 2. The predicted octanol–water partition coefficient (Wildman–Crippen LogP) is 1.29. The molecule has 0 spiro atoms. The van der Waals surface area contributed by atoms with E-state index in [1.54, 1.807) is 24.3 Å². The molecule has 3 rings (SSSR count). The van der Waals surface area contributed by atoms with Gasteiger partial charge in [-0.2, -0.15) is 0 Å². The van der Waals surface area contributed by atoms with Crippen LogP contribution in [-0.2, 0) is 30.2 Å². The number of carbonyl (C=O) groups is 2. The summed E-state index contributed by atoms with van der Waals surface area (Å²) in [6.45, 7) is 6.81. The van der Waals surface area contributed by atoms with Gasteiger partial charge in [0.1, 0.15) is 18.3 Å². The third kappa shape index (κ3) is 12.1. The van der Waals surface area contributed by atoms with Crippen LogP contribution in [0.25, 0.3) is 0 Å². The van der Waals surface area contributed by atoms with Crippen LogP contribution in [0.15, 0.2) is 24.3 Å². The minimum Gasteiger partial charge on any atom is -0.550 e. The molecule has 2 aliphatic rings. The zero-order chi connectivity index (χ0) is 27.4. The first-order valence-corrected chi connectivity index (χ1v) is 14.2. The molecule has 214 valence electrons. The van der Waals surface area contributed by atoms with E-state index in [2.05, 4.69) is 17.6 Å². The van der Waals surface area contributed by atoms with E-state index >= 15 is 0 Å². The Bertz CT molecular complexity index is 868. The predicted molar refractivity (Wildman–Crippen MR) is 142 cm³/mol. The van der Waals surface area contributed by atoms with E-state index in [0.29, 0.717) is 17.9 Å². The standard InChI is InChI=1S/C29H46N2O7.Na/c1-4-5-6-7-8-9-10-11-12-13-18-35-27-26-25(37-29(2,3)38-26)23(36-27)20-30-28(34)31-22-16-14-21(15-17-22)19-24(32)33;/h14-17,23,25-27H,4-13,18-20H2,1-3H3,(H,32,33)(H2,30,31,34);/q;+1/p-1/t23-,25+,26+,27+;/m1./s1. The number of anilines is 1. The van der Waals surface area contributed by atoms with Gasteiger partial charge in [0.25, 0.3) is 0 Å². The van der Waals surface area contributed by atoms with Gasteiger partial charge in [-0.25, -0.2) is 4.79 Å². The van der Waals surface area contributed by atoms with E-state index in [-0.39, 0.29) is 54.7 Å². The maximum Gasteiger partial charge on any atom is 1.00 e. The van der Waals surface area contributed by atoms with E-state index in [0.717, 1.165) is 12.8 Å². The number of hydrogen-bond acceptors (Lipinski definition) is 7. The van der Waals surface area contributed by atoms with Crippen LogP contribution in [0.4, 0.5) is 10.5 Å². The molecular weight excluding hydrogens is 511 g/mol. The molecule has 2 N–H and O–H groups in total. The summed E-state index contributed by atoms with van der Waals surface area (Å²) in [5.41, 5.74) is 1.15. The summed E-state index contributed by atoms with van der Waals surface area (Å²) >= 11 is 0. The third-order valence-electron chi connectivity index (χ3n) is 6.91. The van der Waals surface area contributed by atoms with E-state index in [1.807, 2.05) is 13.8 Å². The Hall–Kier alpha value is -1.20. The van der Waals surface area contributed by atoms with Crippen molar-refractivity contribution in [1.82, 2.24) is 5.32 Å². The van der Waals surface area contributed by atoms with Crippen molar-refractivity contribution >= 4 is 17.7 Å². The molecule has 2 heterocycles. The average molecular weight is 557 g/mol. The topological polar surface area (TPSA) is 118 Å². The van der Waals surface area contributed by atoms with Gasteiger partial charge in [-0.3, -0.25) is 0 Å². The Labute approximate surface area is 255 Å². The summed E-state index contributed by atoms with van der Waals surface area (Å²) < 4.78 is 24.3. The number of carboxylic acid groups (broad SMARTS) is 1. The number of ether oxygens (including phenoxy) is 4. The number of rotatable bonds is 17. The van der Waals surface area contributed by atoms with Crippen molar-refractivity contribution in [2.24, 2.45) is 0 Å². The number of hydrogen-bond donors (Lipinski definition) is 2. The Morgan fingerprint density at radius 3 is 2.13 bits per heavy atom. The maximum atomic E-state index is 12.4. The largest absolute Gasteiger partial charge is 1.00 e. The quantitative estimate of drug-likeness (QED) is 0.219. The molecule has 0 aliphatic carbocycles. The number of unbranched alkanes of at least 4 members (excludes halogenated alkanes) is 9. The Kier molecular flexibility index (Phi) is 15.3. The third-order valence-corrected chi connectivity index (χ3v) is 6.91. The molecule has 39 heavy (non-hydrogen) atoms. The van der Waals surface area contributed by atoms with Crippen molar-refractivity contribution in [2.45, 2.75) is 122 Å². The molecular formula is C29H45N2NaO7. The van der Waals surface area contributed by atoms with Gasteiger partial charge < -0.3 is 39.5 Å². The van der Waals surface area contributed by atoms with Crippen molar-refractivity contribution in [3.63, 3.8) is 0 Å². The van der Waals surface area contributed by atoms with Crippen molar-refractivity contribution in [3.05, 3.63) is 29.8 Å². The van der Waals surface area contributed by atoms with Gasteiger partial charge in [-0.15, -0.1) is 0 Å². The van der Waals surface area contributed by atoms with Gasteiger partial charge >= 0.3 is 35.6 Å². The summed E-state index contributed by atoms with van der Waals surface area (Å²) in [6, 6.07) is 6.17. The molecule has 2 aliphatic heterocycles. The first-order valence-electron chi connectivity index (χ1n) is 14.2. The molecule has 4 atom stereocenters. The Balaban J connectivity index is 0.00000533. The average Bonchev–Trinajstić information content (AvgIpc) is 3.35. The summed E-state index contributed by atoms with van der Waals surface area (Å²) in [7, 11) is 0. The molecule has 0 radical (unpaired) electrons. The monoisotopic (exact) mass is 556 g/mol. The second-order valence-electron chi connectivity index (χ2n) is 10.7. The molecule has 0 saturated carbocycles. The summed E-state index contributed by atoms with van der Waals surface area (Å²) in [5, 5.41) is 16.3. The molecule has 0 unspecified atom stereocenters. The van der Waals surface area contributed by atoms with Gasteiger partial charge in [-0.05, 0) is 38.0 Å². The van der Waals surface area contributed by atoms with E-state index in [1.165, 1.54) is 51.4 Å². The summed E-state index contributed by atoms with van der Waals surface area (Å²) in [5.74, 6) is -1.89. The number of carboxylic acids is 1. The smallest absolute Gasteiger partial charge is 0.550 e. The van der Waals surface area contributed by atoms with Gasteiger partial charge in [-0.1, -0.05) is 76.8 Å². The van der Waals surface area contributed by atoms with Crippen LogP contribution >= 0.6 is 0 Å². The van der Waals surface area contributed by atoms with Crippen molar-refractivity contribution < 1.29 is 63.2 Å². The fraction of sp³-hybridized carbons (Fsp3) is 0.724. The first-order chi connectivity index (χ1) is 18.3. The van der Waals surface area contributed by atoms with Crippen molar-refractivity contribution in [3.8, 4) is 0 Å². The maximum absolute atomic E-state index is 12.4. The molecule has 1 aromatic carbocycles. The molecule has 9 nitrogen and oxygen atoms in total. The zero-order valence-corrected chi connectivity index (χ0v) is 26.2. The van der Waals surface area contributed by atoms with Crippen molar-refractivity contribution in [2.75, 3.05) is 18.5 Å². The Morgan fingerprint density at radius 2 is 1.51 bits per heavy atom. The molecule has 0 bridgehead atoms. The second kappa shape index (κ2) is 17.6. The number of nitrogens with one attached hydrogen (secondary N) is 2. The van der Waals surface area contributed by atoms with Crippen molar-refractivity contribution in [1.29, 1.82) is 0 Å². The van der Waals surface area contributed by atoms with Gasteiger partial charge in [0.05, 0.1) is 0 Å². The number of urea groups is 1. The SMILES string of the molecule is CCCCCCCCCCCCO[C@H]1O[C@H](CNC(=O)Nc2ccc(CC(=O)[O-])cc2)[C@@H]2OC(C)(C)O[C@H]12.[Na+]. The van der Waals surface area contributed by atoms with Crippen LogP contribution in [0, 0.1) is 0 Å². The van der Waals surface area contributed by atoms with Crippen LogP contribution in [0.1, 0.15) is 90.5 Å². The van der Waals surface area contributed by atoms with Gasteiger partial charge in [0, 0.05) is 31.2 Å². The molecule has 2 saturated heterocycles. The zero-order valence-electron chi connectivity index (χ0n) is 24.2. The van der Waals surface area contributed by atoms with Crippen LogP contribution in [0.2, 0.25) is 0 Å². The van der Waals surface area contributed by atoms with E-state index in [9.17, 15) is 14.7 Å². The first kappa shape index (κ1) is 34.0. The van der Waals surface area contributed by atoms with Gasteiger partial charge in [0.15, 0.2) is 12.1 Å². The molecule has 2 amide bonds. The number of benzene rings is 1. The number of fused-ring (bicyclic) bond motifs is 1. The van der Waals surface area contributed by atoms with E-state index < -0.39 is 30.2 Å². The normalized spacial score (nSPS) is 23.2. The van der Waals surface area contributed by atoms with Crippen LogP contribution in [-0.4, -0.2) is 55.5 Å². The second-order valence-corrected chi connectivity index (χ2v) is 10.7. The number of aliphatic carboxylic acids is 1. The molecule has 1 aromatic rings. The minimum atomic E-state index is -1.15. The van der Waals surface area contributed by atoms with Gasteiger partial charge in [0.2, 0.25) is 0 Å². The summed E-state index contributed by atoms with van der Waals surface area (Å²) in [6.07, 6.45) is 10.8. The van der Waals surface area contributed by atoms with Crippen LogP contribution in [0.3, 0.4) is 0 Å². The summed E-state index contributed by atoms with van der Waals surface area (Å²) in [4.78, 5) is 23.1. The molecule has 10 heteroatoms. The molecule has 2 fully saturated rings. The molecule has 0 aromatic heterocycles. The minimum absolute atomic E-state index is 0. The Morgan fingerprint density at radius 1 is 0.923 bits per heavy atom. The fourth-order valence-corrected chi connectivity index (χ4v) is 4.97. The van der Waals surface area contributed by atoms with E-state index in [4.69, 9.17) is 18.9 Å². The fourth-order valence-electron chi connectivity index (χ4n) is 4.97.